The van der Waals surface area contributed by atoms with Crippen molar-refractivity contribution in [3.05, 3.63) is 65.7 Å². The highest BCUT2D eigenvalue weighted by molar-refractivity contribution is 5.56. The standard InChI is InChI=1S/C19H16O2/c1-3-7-16(8-4-1)9-5-2-6-10-17-11-12-18-19(15-17)21-14-13-20-18/h1,3-4,6-8,10-12,15H,2,13-14H2/b10-6+. The molecule has 0 radical (unpaired) electrons. The summed E-state index contributed by atoms with van der Waals surface area (Å²) in [6.45, 7) is 1.24. The zero-order valence-electron chi connectivity index (χ0n) is 11.7. The Labute approximate surface area is 125 Å². The minimum atomic E-state index is 0.614. The lowest BCUT2D eigenvalue weighted by Crippen LogP contribution is -2.15. The summed E-state index contributed by atoms with van der Waals surface area (Å²) in [5, 5.41) is 0. The van der Waals surface area contributed by atoms with Gasteiger partial charge in [0.15, 0.2) is 11.5 Å². The Hall–Kier alpha value is -2.66. The van der Waals surface area contributed by atoms with Crippen LogP contribution in [0, 0.1) is 11.8 Å². The Morgan fingerprint density at radius 2 is 1.76 bits per heavy atom. The molecule has 0 atom stereocenters. The van der Waals surface area contributed by atoms with Crippen molar-refractivity contribution < 1.29 is 9.47 Å². The summed E-state index contributed by atoms with van der Waals surface area (Å²) >= 11 is 0. The monoisotopic (exact) mass is 276 g/mol. The first-order chi connectivity index (χ1) is 10.4. The lowest BCUT2D eigenvalue weighted by Gasteiger charge is -2.18. The molecule has 1 aliphatic rings. The highest BCUT2D eigenvalue weighted by atomic mass is 16.6. The largest absolute Gasteiger partial charge is 0.486 e. The van der Waals surface area contributed by atoms with Gasteiger partial charge in [-0.25, -0.2) is 0 Å². The average Bonchev–Trinajstić information content (AvgIpc) is 2.55. The number of hydrogen-bond acceptors (Lipinski definition) is 2. The number of hydrogen-bond donors (Lipinski definition) is 0. The Morgan fingerprint density at radius 3 is 2.62 bits per heavy atom. The predicted molar refractivity (Wildman–Crippen MR) is 84.4 cm³/mol. The topological polar surface area (TPSA) is 18.5 Å². The fourth-order valence-electron chi connectivity index (χ4n) is 2.09. The van der Waals surface area contributed by atoms with E-state index in [1.165, 1.54) is 0 Å². The molecule has 104 valence electrons. The van der Waals surface area contributed by atoms with Crippen LogP contribution in [0.25, 0.3) is 6.08 Å². The number of benzene rings is 2. The van der Waals surface area contributed by atoms with Crippen molar-refractivity contribution in [2.75, 3.05) is 13.2 Å². The first-order valence-electron chi connectivity index (χ1n) is 7.02. The van der Waals surface area contributed by atoms with E-state index in [0.717, 1.165) is 29.0 Å². The van der Waals surface area contributed by atoms with E-state index in [1.54, 1.807) is 0 Å². The van der Waals surface area contributed by atoms with Gasteiger partial charge in [0, 0.05) is 12.0 Å². The van der Waals surface area contributed by atoms with E-state index >= 15 is 0 Å². The first kappa shape index (κ1) is 13.3. The first-order valence-corrected chi connectivity index (χ1v) is 7.02. The van der Waals surface area contributed by atoms with Gasteiger partial charge >= 0.3 is 0 Å². The Balaban J connectivity index is 1.61. The molecule has 21 heavy (non-hydrogen) atoms. The molecule has 0 saturated carbocycles. The molecule has 0 aromatic heterocycles. The summed E-state index contributed by atoms with van der Waals surface area (Å²) in [6, 6.07) is 16.0. The van der Waals surface area contributed by atoms with Gasteiger partial charge in [0.2, 0.25) is 0 Å². The van der Waals surface area contributed by atoms with E-state index in [-0.39, 0.29) is 0 Å². The van der Waals surface area contributed by atoms with Crippen LogP contribution in [0.15, 0.2) is 54.6 Å². The van der Waals surface area contributed by atoms with Crippen molar-refractivity contribution in [2.45, 2.75) is 6.42 Å². The molecule has 3 rings (SSSR count). The van der Waals surface area contributed by atoms with E-state index < -0.39 is 0 Å². The van der Waals surface area contributed by atoms with Gasteiger partial charge < -0.3 is 9.47 Å². The summed E-state index contributed by atoms with van der Waals surface area (Å²) in [5.41, 5.74) is 2.14. The maximum atomic E-state index is 5.56. The molecule has 0 fully saturated rings. The molecule has 0 spiro atoms. The summed E-state index contributed by atoms with van der Waals surface area (Å²) in [5.74, 6) is 7.92. The van der Waals surface area contributed by atoms with Crippen LogP contribution < -0.4 is 9.47 Å². The predicted octanol–water partition coefficient (Wildman–Crippen LogP) is 3.91. The van der Waals surface area contributed by atoms with Crippen molar-refractivity contribution in [2.24, 2.45) is 0 Å². The molecule has 1 aliphatic heterocycles. The average molecular weight is 276 g/mol. The van der Waals surface area contributed by atoms with E-state index in [4.69, 9.17) is 9.47 Å². The third-order valence-corrected chi connectivity index (χ3v) is 3.10. The van der Waals surface area contributed by atoms with Gasteiger partial charge in [0.25, 0.3) is 0 Å². The van der Waals surface area contributed by atoms with Crippen LogP contribution in [0.1, 0.15) is 17.5 Å². The van der Waals surface area contributed by atoms with Crippen LogP contribution in [0.3, 0.4) is 0 Å². The Bertz CT molecular complexity index is 690. The lowest BCUT2D eigenvalue weighted by atomic mass is 10.1. The molecule has 2 nitrogen and oxygen atoms in total. The minimum Gasteiger partial charge on any atom is -0.486 e. The molecule has 0 aliphatic carbocycles. The molecule has 2 aromatic carbocycles. The van der Waals surface area contributed by atoms with Crippen molar-refractivity contribution in [1.82, 2.24) is 0 Å². The molecular formula is C19H16O2. The van der Waals surface area contributed by atoms with Crippen molar-refractivity contribution in [1.29, 1.82) is 0 Å². The zero-order valence-corrected chi connectivity index (χ0v) is 11.7. The lowest BCUT2D eigenvalue weighted by molar-refractivity contribution is 0.171. The summed E-state index contributed by atoms with van der Waals surface area (Å²) < 4.78 is 11.1. The molecule has 2 aromatic rings. The normalized spacial score (nSPS) is 12.8. The maximum absolute atomic E-state index is 5.56. The van der Waals surface area contributed by atoms with E-state index in [9.17, 15) is 0 Å². The number of ether oxygens (including phenoxy) is 2. The fourth-order valence-corrected chi connectivity index (χ4v) is 2.09. The molecule has 0 amide bonds. The van der Waals surface area contributed by atoms with Gasteiger partial charge in [0.05, 0.1) is 0 Å². The highest BCUT2D eigenvalue weighted by Gasteiger charge is 2.10. The maximum Gasteiger partial charge on any atom is 0.161 e. The SMILES string of the molecule is C(#Cc1ccccc1)C/C=C/c1ccc2c(c1)OCCO2. The van der Waals surface area contributed by atoms with Crippen LogP contribution in [0.5, 0.6) is 11.5 Å². The van der Waals surface area contributed by atoms with Crippen molar-refractivity contribution >= 4 is 6.08 Å². The van der Waals surface area contributed by atoms with Crippen LogP contribution >= 0.6 is 0 Å². The Kier molecular flexibility index (Phi) is 4.24. The van der Waals surface area contributed by atoms with Crippen LogP contribution in [-0.4, -0.2) is 13.2 Å². The molecule has 0 saturated heterocycles. The number of allylic oxidation sites excluding steroid dienone is 1. The van der Waals surface area contributed by atoms with Crippen LogP contribution in [-0.2, 0) is 0 Å². The minimum absolute atomic E-state index is 0.614. The second kappa shape index (κ2) is 6.67. The van der Waals surface area contributed by atoms with E-state index in [0.29, 0.717) is 13.2 Å². The van der Waals surface area contributed by atoms with Crippen molar-refractivity contribution in [3.8, 4) is 23.3 Å². The third kappa shape index (κ3) is 3.67. The smallest absolute Gasteiger partial charge is 0.161 e. The van der Waals surface area contributed by atoms with Crippen LogP contribution in [0.4, 0.5) is 0 Å². The van der Waals surface area contributed by atoms with E-state index in [2.05, 4.69) is 24.0 Å². The van der Waals surface area contributed by atoms with Gasteiger partial charge in [-0.1, -0.05) is 48.3 Å². The Morgan fingerprint density at radius 1 is 0.952 bits per heavy atom. The molecule has 0 unspecified atom stereocenters. The van der Waals surface area contributed by atoms with Gasteiger partial charge in [0.1, 0.15) is 13.2 Å². The third-order valence-electron chi connectivity index (χ3n) is 3.10. The summed E-state index contributed by atoms with van der Waals surface area (Å²) in [7, 11) is 0. The molecular weight excluding hydrogens is 260 g/mol. The molecule has 0 N–H and O–H groups in total. The quantitative estimate of drug-likeness (QED) is 0.774. The van der Waals surface area contributed by atoms with Gasteiger partial charge in [-0.2, -0.15) is 0 Å². The zero-order chi connectivity index (χ0) is 14.3. The molecule has 1 heterocycles. The fraction of sp³-hybridized carbons (Fsp3) is 0.158. The second-order valence-electron chi connectivity index (χ2n) is 4.68. The van der Waals surface area contributed by atoms with Gasteiger partial charge in [-0.15, -0.1) is 0 Å². The number of fused-ring (bicyclic) bond motifs is 1. The van der Waals surface area contributed by atoms with E-state index in [1.807, 2.05) is 48.5 Å². The van der Waals surface area contributed by atoms with Crippen LogP contribution in [0.2, 0.25) is 0 Å². The van der Waals surface area contributed by atoms with Gasteiger partial charge in [-0.05, 0) is 29.8 Å². The second-order valence-corrected chi connectivity index (χ2v) is 4.68. The van der Waals surface area contributed by atoms with Gasteiger partial charge in [-0.3, -0.25) is 0 Å². The summed E-state index contributed by atoms with van der Waals surface area (Å²) in [4.78, 5) is 0. The molecule has 0 bridgehead atoms. The molecule has 2 heteroatoms. The van der Waals surface area contributed by atoms with Crippen molar-refractivity contribution in [3.63, 3.8) is 0 Å². The number of rotatable bonds is 2. The highest BCUT2D eigenvalue weighted by Crippen LogP contribution is 2.31. The summed E-state index contributed by atoms with van der Waals surface area (Å²) in [6.07, 6.45) is 4.84.